The number of nitrogens with zero attached hydrogens (tertiary/aromatic N) is 3. The second kappa shape index (κ2) is 8.29. The van der Waals surface area contributed by atoms with E-state index in [1.807, 2.05) is 11.5 Å². The molecule has 9 heteroatoms. The van der Waals surface area contributed by atoms with Crippen LogP contribution in [-0.4, -0.2) is 42.3 Å². The Bertz CT molecular complexity index is 1260. The molecule has 0 N–H and O–H groups in total. The van der Waals surface area contributed by atoms with Gasteiger partial charge in [0.2, 0.25) is 10.0 Å². The Morgan fingerprint density at radius 2 is 1.88 bits per heavy atom. The number of aromatic nitrogens is 2. The van der Waals surface area contributed by atoms with Crippen LogP contribution in [0.15, 0.2) is 47.4 Å². The van der Waals surface area contributed by atoms with E-state index in [9.17, 15) is 17.6 Å². The number of sulfonamides is 1. The summed E-state index contributed by atoms with van der Waals surface area (Å²) in [6.45, 7) is 2.51. The molecule has 2 aromatic carbocycles. The number of carbonyl (C=O) groups is 1. The molecule has 1 aliphatic carbocycles. The molecule has 1 aromatic heterocycles. The molecular formula is C23H26FN3O4S. The van der Waals surface area contributed by atoms with Crippen LogP contribution in [0.1, 0.15) is 37.6 Å². The maximum Gasteiger partial charge on any atom is 0.317 e. The predicted octanol–water partition coefficient (Wildman–Crippen LogP) is 3.61. The van der Waals surface area contributed by atoms with Crippen LogP contribution in [0.25, 0.3) is 11.0 Å². The number of benzene rings is 2. The first-order valence-corrected chi connectivity index (χ1v) is 12.0. The molecule has 1 heterocycles. The number of fused-ring (bicyclic) bond motifs is 1. The zero-order valence-electron chi connectivity index (χ0n) is 18.3. The Balaban J connectivity index is 1.60. The molecular weight excluding hydrogens is 433 g/mol. The van der Waals surface area contributed by atoms with Crippen LogP contribution in [0.2, 0.25) is 0 Å². The quantitative estimate of drug-likeness (QED) is 0.504. The highest BCUT2D eigenvalue weighted by Crippen LogP contribution is 2.45. The van der Waals surface area contributed by atoms with E-state index in [1.54, 1.807) is 24.3 Å². The first-order chi connectivity index (χ1) is 15.2. The van der Waals surface area contributed by atoms with E-state index in [2.05, 4.69) is 4.98 Å². The number of rotatable bonds is 7. The topological polar surface area (TPSA) is 81.5 Å². The van der Waals surface area contributed by atoms with Gasteiger partial charge in [-0.3, -0.25) is 4.79 Å². The highest BCUT2D eigenvalue weighted by molar-refractivity contribution is 7.89. The summed E-state index contributed by atoms with van der Waals surface area (Å²) in [5.41, 5.74) is 1.31. The van der Waals surface area contributed by atoms with Crippen LogP contribution >= 0.6 is 0 Å². The summed E-state index contributed by atoms with van der Waals surface area (Å²) >= 11 is 0. The molecule has 1 saturated carbocycles. The van der Waals surface area contributed by atoms with Crippen molar-refractivity contribution in [2.45, 2.75) is 49.6 Å². The Labute approximate surface area is 186 Å². The third-order valence-electron chi connectivity index (χ3n) is 6.22. The predicted molar refractivity (Wildman–Crippen MR) is 118 cm³/mol. The van der Waals surface area contributed by atoms with Gasteiger partial charge < -0.3 is 9.30 Å². The summed E-state index contributed by atoms with van der Waals surface area (Å²) in [6, 6.07) is 10.8. The van der Waals surface area contributed by atoms with E-state index < -0.39 is 15.4 Å². The van der Waals surface area contributed by atoms with Gasteiger partial charge in [0.25, 0.3) is 0 Å². The fourth-order valence-electron chi connectivity index (χ4n) is 4.17. The largest absolute Gasteiger partial charge is 0.457 e. The van der Waals surface area contributed by atoms with Gasteiger partial charge in [-0.15, -0.1) is 0 Å². The second-order valence-corrected chi connectivity index (χ2v) is 10.4. The zero-order valence-corrected chi connectivity index (χ0v) is 19.2. The first-order valence-electron chi connectivity index (χ1n) is 10.5. The molecule has 0 atom stereocenters. The number of halogens is 1. The molecule has 7 nitrogen and oxygen atoms in total. The second-order valence-electron chi connectivity index (χ2n) is 8.23. The Morgan fingerprint density at radius 1 is 1.19 bits per heavy atom. The van der Waals surface area contributed by atoms with Crippen LogP contribution in [0.4, 0.5) is 4.39 Å². The van der Waals surface area contributed by atoms with Crippen LogP contribution in [0.3, 0.4) is 0 Å². The van der Waals surface area contributed by atoms with Gasteiger partial charge >= 0.3 is 5.97 Å². The molecule has 0 saturated heterocycles. The standard InChI is InChI=1S/C23H26FN3O4S/c1-4-27-20-11-10-18(32(29,30)26(2)3)14-19(20)25-21(27)15-31-22(28)23(12-5-13-23)16-6-8-17(24)9-7-16/h6-11,14H,4-5,12-13,15H2,1-3H3. The van der Waals surface area contributed by atoms with Gasteiger partial charge in [-0.05, 0) is 55.7 Å². The molecule has 32 heavy (non-hydrogen) atoms. The van der Waals surface area contributed by atoms with Gasteiger partial charge in [-0.25, -0.2) is 22.1 Å². The van der Waals surface area contributed by atoms with E-state index in [1.165, 1.54) is 32.3 Å². The summed E-state index contributed by atoms with van der Waals surface area (Å²) < 4.78 is 47.0. The Morgan fingerprint density at radius 3 is 2.44 bits per heavy atom. The summed E-state index contributed by atoms with van der Waals surface area (Å²) in [5.74, 6) is -0.145. The van der Waals surface area contributed by atoms with Gasteiger partial charge in [0.05, 0.1) is 21.3 Å². The van der Waals surface area contributed by atoms with E-state index in [0.29, 0.717) is 30.7 Å². The Hall–Kier alpha value is -2.78. The lowest BCUT2D eigenvalue weighted by atomic mass is 9.64. The van der Waals surface area contributed by atoms with Gasteiger partial charge in [0.1, 0.15) is 18.2 Å². The van der Waals surface area contributed by atoms with Crippen molar-refractivity contribution in [2.24, 2.45) is 0 Å². The van der Waals surface area contributed by atoms with Crippen molar-refractivity contribution in [1.82, 2.24) is 13.9 Å². The summed E-state index contributed by atoms with van der Waals surface area (Å²) in [5, 5.41) is 0. The van der Waals surface area contributed by atoms with Crippen molar-refractivity contribution >= 4 is 27.0 Å². The van der Waals surface area contributed by atoms with Crippen molar-refractivity contribution < 1.29 is 22.3 Å². The van der Waals surface area contributed by atoms with Crippen molar-refractivity contribution in [3.63, 3.8) is 0 Å². The molecule has 1 aliphatic rings. The molecule has 0 unspecified atom stereocenters. The smallest absolute Gasteiger partial charge is 0.317 e. The maximum absolute atomic E-state index is 13.3. The highest BCUT2D eigenvalue weighted by atomic mass is 32.2. The van der Waals surface area contributed by atoms with E-state index in [4.69, 9.17) is 4.74 Å². The third kappa shape index (κ3) is 3.69. The number of carbonyl (C=O) groups excluding carboxylic acids is 1. The van der Waals surface area contributed by atoms with Crippen LogP contribution in [0.5, 0.6) is 0 Å². The van der Waals surface area contributed by atoms with Crippen LogP contribution in [0, 0.1) is 5.82 Å². The average Bonchev–Trinajstić information content (AvgIpc) is 3.09. The number of hydrogen-bond acceptors (Lipinski definition) is 5. The van der Waals surface area contributed by atoms with Gasteiger partial charge in [-0.2, -0.15) is 0 Å². The molecule has 3 aromatic rings. The normalized spacial score (nSPS) is 15.7. The molecule has 0 aliphatic heterocycles. The molecule has 1 fully saturated rings. The zero-order chi connectivity index (χ0) is 23.1. The minimum atomic E-state index is -3.58. The summed E-state index contributed by atoms with van der Waals surface area (Å²) in [6.07, 6.45) is 2.23. The molecule has 170 valence electrons. The molecule has 0 spiro atoms. The number of ether oxygens (including phenoxy) is 1. The minimum absolute atomic E-state index is 0.0277. The number of esters is 1. The number of hydrogen-bond donors (Lipinski definition) is 0. The highest BCUT2D eigenvalue weighted by Gasteiger charge is 2.47. The minimum Gasteiger partial charge on any atom is -0.457 e. The fourth-order valence-corrected chi connectivity index (χ4v) is 5.09. The van der Waals surface area contributed by atoms with E-state index in [0.717, 1.165) is 21.8 Å². The van der Waals surface area contributed by atoms with Crippen molar-refractivity contribution in [3.8, 4) is 0 Å². The van der Waals surface area contributed by atoms with Crippen LogP contribution < -0.4 is 0 Å². The van der Waals surface area contributed by atoms with Gasteiger partial charge in [0.15, 0.2) is 0 Å². The fraction of sp³-hybridized carbons (Fsp3) is 0.391. The maximum atomic E-state index is 13.3. The Kier molecular flexibility index (Phi) is 5.81. The lowest BCUT2D eigenvalue weighted by Gasteiger charge is -2.39. The van der Waals surface area contributed by atoms with Crippen LogP contribution in [-0.2, 0) is 38.1 Å². The van der Waals surface area contributed by atoms with Gasteiger partial charge in [0, 0.05) is 20.6 Å². The van der Waals surface area contributed by atoms with Gasteiger partial charge in [-0.1, -0.05) is 18.6 Å². The van der Waals surface area contributed by atoms with Crippen molar-refractivity contribution in [3.05, 3.63) is 59.7 Å². The van der Waals surface area contributed by atoms with Crippen molar-refractivity contribution in [2.75, 3.05) is 14.1 Å². The lowest BCUT2D eigenvalue weighted by Crippen LogP contribution is -2.43. The summed E-state index contributed by atoms with van der Waals surface area (Å²) in [7, 11) is -0.624. The first kappa shape index (κ1) is 22.4. The molecule has 0 bridgehead atoms. The molecule has 0 radical (unpaired) electrons. The van der Waals surface area contributed by atoms with E-state index >= 15 is 0 Å². The molecule has 4 rings (SSSR count). The SMILES string of the molecule is CCn1c(COC(=O)C2(c3ccc(F)cc3)CCC2)nc2cc(S(=O)(=O)N(C)C)ccc21. The number of aryl methyl sites for hydroxylation is 1. The monoisotopic (exact) mass is 459 g/mol. The average molecular weight is 460 g/mol. The van der Waals surface area contributed by atoms with Crippen molar-refractivity contribution in [1.29, 1.82) is 0 Å². The number of imidazole rings is 1. The summed E-state index contributed by atoms with van der Waals surface area (Å²) in [4.78, 5) is 17.8. The lowest BCUT2D eigenvalue weighted by molar-refractivity contribution is -0.156. The van der Waals surface area contributed by atoms with E-state index in [-0.39, 0.29) is 23.3 Å². The third-order valence-corrected chi connectivity index (χ3v) is 8.03. The molecule has 0 amide bonds.